The van der Waals surface area contributed by atoms with E-state index in [1.54, 1.807) is 16.7 Å². The van der Waals surface area contributed by atoms with E-state index >= 15 is 0 Å². The minimum absolute atomic E-state index is 0.0751. The summed E-state index contributed by atoms with van der Waals surface area (Å²) in [7, 11) is 0. The molecule has 2 aromatic rings. The van der Waals surface area contributed by atoms with Crippen LogP contribution in [0.3, 0.4) is 0 Å². The lowest BCUT2D eigenvalue weighted by Crippen LogP contribution is -2.47. The van der Waals surface area contributed by atoms with Crippen LogP contribution in [0.1, 0.15) is 37.9 Å². The fourth-order valence-corrected chi connectivity index (χ4v) is 5.28. The Morgan fingerprint density at radius 3 is 2.81 bits per heavy atom. The van der Waals surface area contributed by atoms with Crippen molar-refractivity contribution in [3.8, 4) is 0 Å². The highest BCUT2D eigenvalue weighted by Gasteiger charge is 2.47. The fraction of sp³-hybridized carbons (Fsp3) is 0.550. The van der Waals surface area contributed by atoms with Crippen LogP contribution in [-0.4, -0.2) is 49.8 Å². The number of carbonyl (C=O) groups is 2. The topological polar surface area (TPSA) is 75.4 Å². The highest BCUT2D eigenvalue weighted by Crippen LogP contribution is 2.40. The predicted octanol–water partition coefficient (Wildman–Crippen LogP) is 3.14. The summed E-state index contributed by atoms with van der Waals surface area (Å²) < 4.78 is 1.96. The van der Waals surface area contributed by atoms with Gasteiger partial charge >= 0.3 is 5.97 Å². The molecule has 3 atom stereocenters. The average molecular weight is 388 g/mol. The van der Waals surface area contributed by atoms with Gasteiger partial charge in [0.25, 0.3) is 0 Å². The molecule has 1 aliphatic heterocycles. The van der Waals surface area contributed by atoms with Crippen LogP contribution in [0, 0.1) is 5.92 Å². The minimum Gasteiger partial charge on any atom is -0.480 e. The second kappa shape index (κ2) is 7.54. The molecule has 27 heavy (non-hydrogen) atoms. The molecule has 3 unspecified atom stereocenters. The van der Waals surface area contributed by atoms with E-state index in [0.717, 1.165) is 48.3 Å². The normalized spacial score (nSPS) is 24.9. The predicted molar refractivity (Wildman–Crippen MR) is 106 cm³/mol. The maximum atomic E-state index is 13.3. The second-order valence-electron chi connectivity index (χ2n) is 7.54. The van der Waals surface area contributed by atoms with Crippen molar-refractivity contribution in [2.45, 2.75) is 56.5 Å². The minimum atomic E-state index is -0.877. The highest BCUT2D eigenvalue weighted by atomic mass is 32.2. The van der Waals surface area contributed by atoms with Crippen molar-refractivity contribution in [2.24, 2.45) is 5.92 Å². The third-order valence-corrected chi connectivity index (χ3v) is 6.51. The summed E-state index contributed by atoms with van der Waals surface area (Å²) in [6.07, 6.45) is 6.77. The Morgan fingerprint density at radius 1 is 1.26 bits per heavy atom. The highest BCUT2D eigenvalue weighted by molar-refractivity contribution is 7.97. The van der Waals surface area contributed by atoms with Crippen LogP contribution in [-0.2, 0) is 21.9 Å². The molecule has 0 bridgehead atoms. The smallest absolute Gasteiger partial charge is 0.326 e. The van der Waals surface area contributed by atoms with Crippen molar-refractivity contribution in [1.82, 2.24) is 14.5 Å². The van der Waals surface area contributed by atoms with Crippen LogP contribution in [0.15, 0.2) is 24.3 Å². The monoisotopic (exact) mass is 387 g/mol. The van der Waals surface area contributed by atoms with E-state index in [4.69, 9.17) is 0 Å². The van der Waals surface area contributed by atoms with Gasteiger partial charge in [-0.15, -0.1) is 0 Å². The molecule has 1 amide bonds. The molecule has 2 heterocycles. The van der Waals surface area contributed by atoms with Gasteiger partial charge in [-0.05, 0) is 43.6 Å². The molecule has 0 spiro atoms. The zero-order valence-electron chi connectivity index (χ0n) is 15.5. The molecule has 6 nitrogen and oxygen atoms in total. The standard InChI is InChI=1S/C20H25N3O3S/c1-27-12-18-21-14-7-3-5-9-16(14)22(18)11-19(24)23-15-8-4-2-6-13(15)10-17(23)20(25)26/h3,5,7,9,13,15,17H,2,4,6,8,10-12H2,1H3,(H,25,26). The van der Waals surface area contributed by atoms with Crippen molar-refractivity contribution in [3.63, 3.8) is 0 Å². The number of hydrogen-bond acceptors (Lipinski definition) is 4. The van der Waals surface area contributed by atoms with Crippen LogP contribution in [0.25, 0.3) is 11.0 Å². The lowest BCUT2D eigenvalue weighted by molar-refractivity contribution is -0.150. The number of para-hydroxylation sites is 2. The van der Waals surface area contributed by atoms with Crippen LogP contribution >= 0.6 is 11.8 Å². The van der Waals surface area contributed by atoms with Gasteiger partial charge in [-0.1, -0.05) is 25.0 Å². The number of rotatable bonds is 5. The number of thioether (sulfide) groups is 1. The van der Waals surface area contributed by atoms with E-state index in [1.807, 2.05) is 35.1 Å². The number of fused-ring (bicyclic) bond motifs is 2. The van der Waals surface area contributed by atoms with E-state index < -0.39 is 12.0 Å². The molecule has 0 radical (unpaired) electrons. The average Bonchev–Trinajstić information content (AvgIpc) is 3.21. The third kappa shape index (κ3) is 3.33. The van der Waals surface area contributed by atoms with Gasteiger partial charge in [0.05, 0.1) is 16.8 Å². The van der Waals surface area contributed by atoms with Crippen LogP contribution in [0.4, 0.5) is 0 Å². The summed E-state index contributed by atoms with van der Waals surface area (Å²) in [5.41, 5.74) is 1.81. The zero-order chi connectivity index (χ0) is 19.0. The van der Waals surface area contributed by atoms with Crippen molar-refractivity contribution in [1.29, 1.82) is 0 Å². The van der Waals surface area contributed by atoms with E-state index in [0.29, 0.717) is 12.3 Å². The number of aromatic nitrogens is 2. The summed E-state index contributed by atoms with van der Waals surface area (Å²) >= 11 is 1.66. The van der Waals surface area contributed by atoms with Gasteiger partial charge in [0, 0.05) is 6.04 Å². The van der Waals surface area contributed by atoms with Crippen LogP contribution in [0.5, 0.6) is 0 Å². The van der Waals surface area contributed by atoms with Crippen molar-refractivity contribution < 1.29 is 14.7 Å². The fourth-order valence-electron chi connectivity index (χ4n) is 4.80. The first-order chi connectivity index (χ1) is 13.1. The van der Waals surface area contributed by atoms with Gasteiger partial charge in [-0.2, -0.15) is 11.8 Å². The molecule has 1 aliphatic carbocycles. The Labute approximate surface area is 162 Å². The zero-order valence-corrected chi connectivity index (χ0v) is 16.3. The molecule has 1 aromatic carbocycles. The number of amides is 1. The summed E-state index contributed by atoms with van der Waals surface area (Å²) in [6.45, 7) is 0.156. The largest absolute Gasteiger partial charge is 0.480 e. The number of aliphatic carboxylic acids is 1. The van der Waals surface area contributed by atoms with Crippen molar-refractivity contribution >= 4 is 34.7 Å². The number of carbonyl (C=O) groups excluding carboxylic acids is 1. The number of imidazole rings is 1. The first-order valence-corrected chi connectivity index (χ1v) is 11.0. The quantitative estimate of drug-likeness (QED) is 0.853. The molecule has 1 aromatic heterocycles. The Hall–Kier alpha value is -2.02. The lowest BCUT2D eigenvalue weighted by Gasteiger charge is -2.33. The van der Waals surface area contributed by atoms with Crippen LogP contribution < -0.4 is 0 Å². The molecule has 2 aliphatic rings. The van der Waals surface area contributed by atoms with Crippen LogP contribution in [0.2, 0.25) is 0 Å². The molecule has 1 saturated carbocycles. The number of carboxylic acids is 1. The van der Waals surface area contributed by atoms with Gasteiger partial charge in [0.2, 0.25) is 5.91 Å². The molecule has 144 valence electrons. The summed E-state index contributed by atoms with van der Waals surface area (Å²) in [5.74, 6) is 0.938. The number of nitrogens with zero attached hydrogens (tertiary/aromatic N) is 3. The van der Waals surface area contributed by atoms with E-state index in [1.165, 1.54) is 0 Å². The molecule has 7 heteroatoms. The third-order valence-electron chi connectivity index (χ3n) is 5.96. The van der Waals surface area contributed by atoms with Gasteiger partial charge < -0.3 is 14.6 Å². The summed E-state index contributed by atoms with van der Waals surface area (Å²) in [6, 6.07) is 7.20. The van der Waals surface area contributed by atoms with Gasteiger partial charge in [0.1, 0.15) is 18.4 Å². The molecular formula is C20H25N3O3S. The molecule has 2 fully saturated rings. The number of likely N-dealkylation sites (tertiary alicyclic amines) is 1. The first kappa shape index (κ1) is 18.3. The maximum absolute atomic E-state index is 13.3. The SMILES string of the molecule is CSCc1nc2ccccc2n1CC(=O)N1C(C(=O)O)CC2CCCCC21. The second-order valence-corrected chi connectivity index (χ2v) is 8.40. The summed E-state index contributed by atoms with van der Waals surface area (Å²) in [5, 5.41) is 9.70. The maximum Gasteiger partial charge on any atom is 0.326 e. The molecule has 4 rings (SSSR count). The number of benzene rings is 1. The summed E-state index contributed by atoms with van der Waals surface area (Å²) in [4.78, 5) is 31.5. The van der Waals surface area contributed by atoms with Gasteiger partial charge in [0.15, 0.2) is 0 Å². The first-order valence-electron chi connectivity index (χ1n) is 9.57. The van der Waals surface area contributed by atoms with Crippen molar-refractivity contribution in [2.75, 3.05) is 6.26 Å². The lowest BCUT2D eigenvalue weighted by atomic mass is 9.85. The number of carboxylic acid groups (broad SMARTS) is 1. The van der Waals surface area contributed by atoms with Gasteiger partial charge in [-0.25, -0.2) is 9.78 Å². The number of hydrogen-bond donors (Lipinski definition) is 1. The Balaban J connectivity index is 1.65. The molecular weight excluding hydrogens is 362 g/mol. The van der Waals surface area contributed by atoms with E-state index in [2.05, 4.69) is 4.98 Å². The van der Waals surface area contributed by atoms with E-state index in [9.17, 15) is 14.7 Å². The molecule has 1 saturated heterocycles. The Kier molecular flexibility index (Phi) is 5.12. The van der Waals surface area contributed by atoms with E-state index in [-0.39, 0.29) is 18.5 Å². The van der Waals surface area contributed by atoms with Gasteiger partial charge in [-0.3, -0.25) is 4.79 Å². The molecule has 1 N–H and O–H groups in total. The Bertz CT molecular complexity index is 865. The Morgan fingerprint density at radius 2 is 2.04 bits per heavy atom. The van der Waals surface area contributed by atoms with Crippen molar-refractivity contribution in [3.05, 3.63) is 30.1 Å².